The van der Waals surface area contributed by atoms with E-state index >= 15 is 0 Å². The lowest BCUT2D eigenvalue weighted by molar-refractivity contribution is 0.103. The molecule has 1 fully saturated rings. The molecule has 1 aliphatic rings. The fraction of sp³-hybridized carbons (Fsp3) is 0.316. The molecule has 1 unspecified atom stereocenters. The van der Waals surface area contributed by atoms with E-state index in [0.29, 0.717) is 19.3 Å². The number of hydrogen-bond acceptors (Lipinski definition) is 2. The van der Waals surface area contributed by atoms with Gasteiger partial charge in [-0.1, -0.05) is 72.9 Å². The summed E-state index contributed by atoms with van der Waals surface area (Å²) >= 11 is 5.53. The molecule has 3 rings (SSSR count). The van der Waals surface area contributed by atoms with E-state index in [1.54, 1.807) is 0 Å². The van der Waals surface area contributed by atoms with E-state index in [2.05, 4.69) is 47.4 Å². The normalized spacial score (nSPS) is 17.9. The van der Waals surface area contributed by atoms with E-state index < -0.39 is 0 Å². The minimum atomic E-state index is 0.411. The van der Waals surface area contributed by atoms with Crippen LogP contribution < -0.4 is 0 Å². The minimum Gasteiger partial charge on any atom is -0.375 e. The van der Waals surface area contributed by atoms with Crippen molar-refractivity contribution in [3.05, 3.63) is 71.8 Å². The van der Waals surface area contributed by atoms with Gasteiger partial charge in [-0.3, -0.25) is 0 Å². The Balaban J connectivity index is 1.53. The second-order valence-corrected chi connectivity index (χ2v) is 6.06. The highest BCUT2D eigenvalue weighted by Crippen LogP contribution is 2.33. The summed E-state index contributed by atoms with van der Waals surface area (Å²) in [6, 6.07) is 21.3. The van der Waals surface area contributed by atoms with Gasteiger partial charge >= 0.3 is 0 Å². The smallest absolute Gasteiger partial charge is 0.0786 e. The first-order valence-corrected chi connectivity index (χ1v) is 8.21. The van der Waals surface area contributed by atoms with Crippen molar-refractivity contribution < 1.29 is 4.74 Å². The van der Waals surface area contributed by atoms with E-state index in [9.17, 15) is 0 Å². The number of nitrogens with zero attached hydrogens (tertiary/aromatic N) is 1. The Morgan fingerprint density at radius 2 is 1.68 bits per heavy atom. The van der Waals surface area contributed by atoms with Crippen molar-refractivity contribution >= 4 is 17.2 Å². The van der Waals surface area contributed by atoms with E-state index in [0.717, 1.165) is 24.4 Å². The van der Waals surface area contributed by atoms with E-state index in [1.165, 1.54) is 11.1 Å². The molecule has 0 aromatic heterocycles. The lowest BCUT2D eigenvalue weighted by Gasteiger charge is -2.26. The molecular formula is C19H21NOS. The third kappa shape index (κ3) is 3.73. The van der Waals surface area contributed by atoms with Crippen LogP contribution in [0.1, 0.15) is 30.0 Å². The number of hydrogen-bond donors (Lipinski definition) is 0. The fourth-order valence-corrected chi connectivity index (χ4v) is 3.30. The van der Waals surface area contributed by atoms with Crippen LogP contribution in [-0.4, -0.2) is 23.0 Å². The SMILES string of the molecule is S=C1CCC(c2ccccc2)N1CCOCc1ccccc1. The first-order valence-electron chi connectivity index (χ1n) is 7.80. The monoisotopic (exact) mass is 311 g/mol. The van der Waals surface area contributed by atoms with Gasteiger partial charge in [-0.05, 0) is 17.5 Å². The van der Waals surface area contributed by atoms with Gasteiger partial charge in [0.15, 0.2) is 0 Å². The summed E-state index contributed by atoms with van der Waals surface area (Å²) in [7, 11) is 0. The third-order valence-corrected chi connectivity index (χ3v) is 4.54. The van der Waals surface area contributed by atoms with Gasteiger partial charge < -0.3 is 9.64 Å². The fourth-order valence-electron chi connectivity index (χ4n) is 2.96. The Morgan fingerprint density at radius 1 is 1.00 bits per heavy atom. The Hall–Kier alpha value is -1.71. The second-order valence-electron chi connectivity index (χ2n) is 5.59. The molecule has 1 heterocycles. The zero-order chi connectivity index (χ0) is 15.2. The molecule has 3 heteroatoms. The highest BCUT2D eigenvalue weighted by molar-refractivity contribution is 7.80. The van der Waals surface area contributed by atoms with Crippen molar-refractivity contribution in [1.82, 2.24) is 4.90 Å². The number of benzene rings is 2. The Bertz CT molecular complexity index is 599. The second kappa shape index (κ2) is 7.52. The average Bonchev–Trinajstić information content (AvgIpc) is 2.94. The van der Waals surface area contributed by atoms with Gasteiger partial charge in [-0.25, -0.2) is 0 Å². The highest BCUT2D eigenvalue weighted by atomic mass is 32.1. The molecule has 114 valence electrons. The van der Waals surface area contributed by atoms with Crippen LogP contribution in [0, 0.1) is 0 Å². The van der Waals surface area contributed by atoms with Crippen molar-refractivity contribution in [3.63, 3.8) is 0 Å². The van der Waals surface area contributed by atoms with Crippen molar-refractivity contribution in [1.29, 1.82) is 0 Å². The number of thiocarbonyl (C=S) groups is 1. The van der Waals surface area contributed by atoms with Crippen LogP contribution in [-0.2, 0) is 11.3 Å². The molecular weight excluding hydrogens is 290 g/mol. The zero-order valence-electron chi connectivity index (χ0n) is 12.7. The first-order chi connectivity index (χ1) is 10.8. The van der Waals surface area contributed by atoms with Gasteiger partial charge in [0.1, 0.15) is 0 Å². The molecule has 0 amide bonds. The molecule has 1 saturated heterocycles. The molecule has 2 aromatic carbocycles. The average molecular weight is 311 g/mol. The molecule has 0 aliphatic carbocycles. The molecule has 0 N–H and O–H groups in total. The standard InChI is InChI=1S/C19H21NOS/c22-19-12-11-18(17-9-5-2-6-10-17)20(19)13-14-21-15-16-7-3-1-4-8-16/h1-10,18H,11-15H2. The van der Waals surface area contributed by atoms with E-state index in [4.69, 9.17) is 17.0 Å². The molecule has 0 saturated carbocycles. The summed E-state index contributed by atoms with van der Waals surface area (Å²) < 4.78 is 5.81. The molecule has 0 spiro atoms. The van der Waals surface area contributed by atoms with E-state index in [1.807, 2.05) is 18.2 Å². The van der Waals surface area contributed by atoms with Gasteiger partial charge in [0, 0.05) is 13.0 Å². The summed E-state index contributed by atoms with van der Waals surface area (Å²) in [5.74, 6) is 0. The summed E-state index contributed by atoms with van der Waals surface area (Å²) in [5.41, 5.74) is 2.57. The summed E-state index contributed by atoms with van der Waals surface area (Å²) in [4.78, 5) is 3.40. The summed E-state index contributed by atoms with van der Waals surface area (Å²) in [6.45, 7) is 2.24. The van der Waals surface area contributed by atoms with Gasteiger partial charge in [0.05, 0.1) is 24.2 Å². The Labute approximate surface area is 137 Å². The topological polar surface area (TPSA) is 12.5 Å². The summed E-state index contributed by atoms with van der Waals surface area (Å²) in [6.07, 6.45) is 2.12. The number of likely N-dealkylation sites (tertiary alicyclic amines) is 1. The van der Waals surface area contributed by atoms with Gasteiger partial charge in [-0.2, -0.15) is 0 Å². The third-order valence-electron chi connectivity index (χ3n) is 4.10. The molecule has 1 aliphatic heterocycles. The maximum absolute atomic E-state index is 5.81. The quantitative estimate of drug-likeness (QED) is 0.581. The van der Waals surface area contributed by atoms with Crippen molar-refractivity contribution in [3.8, 4) is 0 Å². The molecule has 2 nitrogen and oxygen atoms in total. The van der Waals surface area contributed by atoms with Crippen LogP contribution in [0.25, 0.3) is 0 Å². The maximum atomic E-state index is 5.81. The molecule has 1 atom stereocenters. The van der Waals surface area contributed by atoms with Gasteiger partial charge in [0.25, 0.3) is 0 Å². The molecule has 22 heavy (non-hydrogen) atoms. The Kier molecular flexibility index (Phi) is 5.20. The lowest BCUT2D eigenvalue weighted by atomic mass is 10.0. The van der Waals surface area contributed by atoms with Crippen LogP contribution >= 0.6 is 12.2 Å². The van der Waals surface area contributed by atoms with Crippen molar-refractivity contribution in [2.24, 2.45) is 0 Å². The first kappa shape index (κ1) is 15.2. The van der Waals surface area contributed by atoms with Gasteiger partial charge in [0.2, 0.25) is 0 Å². The predicted molar refractivity (Wildman–Crippen MR) is 93.8 cm³/mol. The minimum absolute atomic E-state index is 0.411. The Morgan fingerprint density at radius 3 is 2.41 bits per heavy atom. The highest BCUT2D eigenvalue weighted by Gasteiger charge is 2.28. The zero-order valence-corrected chi connectivity index (χ0v) is 13.5. The predicted octanol–water partition coefficient (Wildman–Crippen LogP) is 4.37. The largest absolute Gasteiger partial charge is 0.375 e. The van der Waals surface area contributed by atoms with Crippen LogP contribution in [0.2, 0.25) is 0 Å². The van der Waals surface area contributed by atoms with Crippen LogP contribution in [0.4, 0.5) is 0 Å². The van der Waals surface area contributed by atoms with E-state index in [-0.39, 0.29) is 0 Å². The maximum Gasteiger partial charge on any atom is 0.0786 e. The lowest BCUT2D eigenvalue weighted by Crippen LogP contribution is -2.30. The number of rotatable bonds is 6. The molecule has 0 radical (unpaired) electrons. The van der Waals surface area contributed by atoms with Crippen molar-refractivity contribution in [2.45, 2.75) is 25.5 Å². The summed E-state index contributed by atoms with van der Waals surface area (Å²) in [5, 5.41) is 0. The molecule has 0 bridgehead atoms. The van der Waals surface area contributed by atoms with Crippen LogP contribution in [0.15, 0.2) is 60.7 Å². The molecule has 2 aromatic rings. The van der Waals surface area contributed by atoms with Crippen LogP contribution in [0.3, 0.4) is 0 Å². The van der Waals surface area contributed by atoms with Crippen LogP contribution in [0.5, 0.6) is 0 Å². The number of ether oxygens (including phenoxy) is 1. The van der Waals surface area contributed by atoms with Gasteiger partial charge in [-0.15, -0.1) is 0 Å². The van der Waals surface area contributed by atoms with Crippen molar-refractivity contribution in [2.75, 3.05) is 13.2 Å².